The van der Waals surface area contributed by atoms with Crippen LogP contribution >= 0.6 is 11.6 Å². The molecular formula is C20H20ClN5O. The molecule has 0 saturated heterocycles. The minimum atomic E-state index is -0.145. The van der Waals surface area contributed by atoms with Gasteiger partial charge < -0.3 is 10.2 Å². The van der Waals surface area contributed by atoms with Crippen molar-refractivity contribution in [2.24, 2.45) is 0 Å². The Kier molecular flexibility index (Phi) is 5.98. The number of anilines is 2. The number of nitrogens with one attached hydrogen (secondary N) is 1. The van der Waals surface area contributed by atoms with Crippen LogP contribution < -0.4 is 5.32 Å². The van der Waals surface area contributed by atoms with E-state index < -0.39 is 0 Å². The van der Waals surface area contributed by atoms with Gasteiger partial charge in [0.25, 0.3) is 5.91 Å². The molecule has 2 aromatic heterocycles. The highest BCUT2D eigenvalue weighted by Crippen LogP contribution is 2.17. The van der Waals surface area contributed by atoms with Crippen molar-refractivity contribution in [2.45, 2.75) is 13.3 Å². The largest absolute Gasteiger partial charge is 0.340 e. The average Bonchev–Trinajstić information content (AvgIpc) is 2.67. The van der Waals surface area contributed by atoms with Crippen LogP contribution in [0.25, 0.3) is 0 Å². The van der Waals surface area contributed by atoms with Gasteiger partial charge in [0.15, 0.2) is 0 Å². The van der Waals surface area contributed by atoms with Crippen LogP contribution in [0.1, 0.15) is 21.7 Å². The van der Waals surface area contributed by atoms with Crippen LogP contribution in [-0.4, -0.2) is 39.4 Å². The van der Waals surface area contributed by atoms with Crippen LogP contribution in [0.15, 0.2) is 54.9 Å². The highest BCUT2D eigenvalue weighted by molar-refractivity contribution is 6.30. The van der Waals surface area contributed by atoms with Gasteiger partial charge in [-0.05, 0) is 61.4 Å². The van der Waals surface area contributed by atoms with E-state index in [-0.39, 0.29) is 5.91 Å². The molecule has 2 heterocycles. The molecule has 27 heavy (non-hydrogen) atoms. The summed E-state index contributed by atoms with van der Waals surface area (Å²) in [4.78, 5) is 27.1. The minimum Gasteiger partial charge on any atom is -0.340 e. The zero-order chi connectivity index (χ0) is 19.2. The first kappa shape index (κ1) is 18.8. The van der Waals surface area contributed by atoms with Crippen molar-refractivity contribution in [1.82, 2.24) is 19.9 Å². The molecule has 0 aliphatic rings. The molecule has 1 N–H and O–H groups in total. The lowest BCUT2D eigenvalue weighted by atomic mass is 10.2. The number of nitrogens with zero attached hydrogens (tertiary/aromatic N) is 4. The van der Waals surface area contributed by atoms with Crippen LogP contribution in [0.2, 0.25) is 5.02 Å². The molecule has 1 aromatic carbocycles. The van der Waals surface area contributed by atoms with Gasteiger partial charge in [-0.3, -0.25) is 9.78 Å². The Morgan fingerprint density at radius 2 is 1.81 bits per heavy atom. The van der Waals surface area contributed by atoms with Crippen molar-refractivity contribution < 1.29 is 4.79 Å². The van der Waals surface area contributed by atoms with Crippen molar-refractivity contribution in [3.63, 3.8) is 0 Å². The Labute approximate surface area is 163 Å². The zero-order valence-corrected chi connectivity index (χ0v) is 15.9. The third kappa shape index (κ3) is 5.24. The lowest BCUT2D eigenvalue weighted by Gasteiger charge is -2.17. The summed E-state index contributed by atoms with van der Waals surface area (Å²) in [7, 11) is 1.77. The third-order valence-electron chi connectivity index (χ3n) is 4.01. The normalized spacial score (nSPS) is 10.5. The molecule has 0 spiro atoms. The van der Waals surface area contributed by atoms with Crippen molar-refractivity contribution in [2.75, 3.05) is 18.9 Å². The first-order valence-electron chi connectivity index (χ1n) is 8.54. The van der Waals surface area contributed by atoms with E-state index in [4.69, 9.17) is 11.6 Å². The topological polar surface area (TPSA) is 71.0 Å². The standard InChI is InChI=1S/C20H20ClN5O/c1-14-13-18(19(27)26(2)12-9-15-7-10-22-11-8-15)25-20(23-14)24-17-5-3-16(21)4-6-17/h3-8,10-11,13H,9,12H2,1-2H3,(H,23,24,25). The molecule has 0 unspecified atom stereocenters. The monoisotopic (exact) mass is 381 g/mol. The maximum atomic E-state index is 12.7. The van der Waals surface area contributed by atoms with Crippen LogP contribution in [0, 0.1) is 6.92 Å². The van der Waals surface area contributed by atoms with Gasteiger partial charge in [-0.25, -0.2) is 9.97 Å². The molecule has 0 aliphatic heterocycles. The Hall–Kier alpha value is -2.99. The molecule has 0 radical (unpaired) electrons. The summed E-state index contributed by atoms with van der Waals surface area (Å²) in [5.41, 5.74) is 3.01. The lowest BCUT2D eigenvalue weighted by Crippen LogP contribution is -2.30. The Morgan fingerprint density at radius 1 is 1.11 bits per heavy atom. The molecule has 0 fully saturated rings. The second kappa shape index (κ2) is 8.60. The van der Waals surface area contributed by atoms with Gasteiger partial charge in [0.05, 0.1) is 0 Å². The van der Waals surface area contributed by atoms with E-state index in [1.165, 1.54) is 0 Å². The number of aromatic nitrogens is 3. The van der Waals surface area contributed by atoms with Crippen LogP contribution in [0.3, 0.4) is 0 Å². The Bertz CT molecular complexity index is 915. The quantitative estimate of drug-likeness (QED) is 0.701. The van der Waals surface area contributed by atoms with E-state index in [2.05, 4.69) is 20.3 Å². The minimum absolute atomic E-state index is 0.145. The van der Waals surface area contributed by atoms with Crippen LogP contribution in [0.4, 0.5) is 11.6 Å². The summed E-state index contributed by atoms with van der Waals surface area (Å²) in [6.07, 6.45) is 4.25. The van der Waals surface area contributed by atoms with E-state index in [0.717, 1.165) is 17.7 Å². The van der Waals surface area contributed by atoms with Gasteiger partial charge in [0, 0.05) is 42.4 Å². The molecule has 0 atom stereocenters. The Morgan fingerprint density at radius 3 is 2.52 bits per heavy atom. The van der Waals surface area contributed by atoms with Crippen molar-refractivity contribution in [3.05, 3.63) is 76.8 Å². The summed E-state index contributed by atoms with van der Waals surface area (Å²) < 4.78 is 0. The van der Waals surface area contributed by atoms with Gasteiger partial charge in [-0.15, -0.1) is 0 Å². The number of halogens is 1. The lowest BCUT2D eigenvalue weighted by molar-refractivity contribution is 0.0790. The number of benzene rings is 1. The van der Waals surface area contributed by atoms with Gasteiger partial charge in [-0.1, -0.05) is 11.6 Å². The van der Waals surface area contributed by atoms with E-state index in [0.29, 0.717) is 28.9 Å². The van der Waals surface area contributed by atoms with Gasteiger partial charge >= 0.3 is 0 Å². The van der Waals surface area contributed by atoms with Crippen molar-refractivity contribution in [3.8, 4) is 0 Å². The molecule has 0 aliphatic carbocycles. The zero-order valence-electron chi connectivity index (χ0n) is 15.2. The summed E-state index contributed by atoms with van der Waals surface area (Å²) in [5.74, 6) is 0.233. The molecule has 7 heteroatoms. The molecule has 138 valence electrons. The summed E-state index contributed by atoms with van der Waals surface area (Å²) >= 11 is 5.90. The fraction of sp³-hybridized carbons (Fsp3) is 0.200. The molecule has 0 bridgehead atoms. The van der Waals surface area contributed by atoms with E-state index >= 15 is 0 Å². The predicted octanol–water partition coefficient (Wildman–Crippen LogP) is 3.89. The maximum absolute atomic E-state index is 12.7. The van der Waals surface area contributed by atoms with Crippen molar-refractivity contribution in [1.29, 1.82) is 0 Å². The number of amides is 1. The fourth-order valence-corrected chi connectivity index (χ4v) is 2.67. The Balaban J connectivity index is 1.70. The molecule has 6 nitrogen and oxygen atoms in total. The summed E-state index contributed by atoms with van der Waals surface area (Å²) in [5, 5.41) is 3.76. The summed E-state index contributed by atoms with van der Waals surface area (Å²) in [6, 6.07) is 12.8. The number of carbonyl (C=O) groups excluding carboxylic acids is 1. The van der Waals surface area contributed by atoms with Crippen LogP contribution in [0.5, 0.6) is 0 Å². The molecule has 3 rings (SSSR count). The third-order valence-corrected chi connectivity index (χ3v) is 4.26. The number of aryl methyl sites for hydroxylation is 1. The summed E-state index contributed by atoms with van der Waals surface area (Å²) in [6.45, 7) is 2.42. The first-order chi connectivity index (χ1) is 13.0. The number of likely N-dealkylation sites (N-methyl/N-ethyl adjacent to an activating group) is 1. The number of hydrogen-bond acceptors (Lipinski definition) is 5. The van der Waals surface area contributed by atoms with E-state index in [9.17, 15) is 4.79 Å². The second-order valence-corrected chi connectivity index (χ2v) is 6.62. The van der Waals surface area contributed by atoms with Crippen molar-refractivity contribution >= 4 is 29.1 Å². The average molecular weight is 382 g/mol. The highest BCUT2D eigenvalue weighted by Gasteiger charge is 2.15. The molecular weight excluding hydrogens is 362 g/mol. The van der Waals surface area contributed by atoms with Crippen LogP contribution in [-0.2, 0) is 6.42 Å². The molecule has 0 saturated carbocycles. The van der Waals surface area contributed by atoms with E-state index in [1.807, 2.05) is 31.2 Å². The van der Waals surface area contributed by atoms with Gasteiger partial charge in [-0.2, -0.15) is 0 Å². The first-order valence-corrected chi connectivity index (χ1v) is 8.92. The number of hydrogen-bond donors (Lipinski definition) is 1. The molecule has 3 aromatic rings. The van der Waals surface area contributed by atoms with Gasteiger partial charge in [0.1, 0.15) is 5.69 Å². The predicted molar refractivity (Wildman–Crippen MR) is 106 cm³/mol. The van der Waals surface area contributed by atoms with Gasteiger partial charge in [0.2, 0.25) is 5.95 Å². The number of pyridine rings is 1. The fourth-order valence-electron chi connectivity index (χ4n) is 2.54. The molecule has 1 amide bonds. The number of rotatable bonds is 6. The smallest absolute Gasteiger partial charge is 0.272 e. The second-order valence-electron chi connectivity index (χ2n) is 6.18. The highest BCUT2D eigenvalue weighted by atomic mass is 35.5. The SMILES string of the molecule is Cc1cc(C(=O)N(C)CCc2ccncc2)nc(Nc2ccc(Cl)cc2)n1. The maximum Gasteiger partial charge on any atom is 0.272 e. The van der Waals surface area contributed by atoms with E-state index in [1.54, 1.807) is 42.5 Å². The number of carbonyl (C=O) groups is 1.